The minimum absolute atomic E-state index is 0.0433. The zero-order valence-corrected chi connectivity index (χ0v) is 11.8. The van der Waals surface area contributed by atoms with Crippen molar-refractivity contribution in [3.63, 3.8) is 0 Å². The smallest absolute Gasteiger partial charge is 0.139 e. The molecule has 1 heterocycles. The predicted octanol–water partition coefficient (Wildman–Crippen LogP) is 3.59. The predicted molar refractivity (Wildman–Crippen MR) is 66.4 cm³/mol. The fourth-order valence-corrected chi connectivity index (χ4v) is 2.71. The molecule has 1 aliphatic heterocycles. The molecule has 0 spiro atoms. The second-order valence-electron chi connectivity index (χ2n) is 7.43. The molecule has 0 aromatic rings. The number of hydrogen-bond donors (Lipinski definition) is 0. The van der Waals surface area contributed by atoms with Gasteiger partial charge in [0.2, 0.25) is 0 Å². The van der Waals surface area contributed by atoms with E-state index >= 15 is 0 Å². The summed E-state index contributed by atoms with van der Waals surface area (Å²) < 4.78 is 5.96. The third kappa shape index (κ3) is 3.31. The Morgan fingerprint density at radius 3 is 2.06 bits per heavy atom. The lowest BCUT2D eigenvalue weighted by atomic mass is 9.78. The van der Waals surface area contributed by atoms with Gasteiger partial charge in [0.15, 0.2) is 0 Å². The van der Waals surface area contributed by atoms with Crippen molar-refractivity contribution in [2.75, 3.05) is 0 Å². The second kappa shape index (κ2) is 3.83. The molecule has 1 aliphatic rings. The fraction of sp³-hybridized carbons (Fsp3) is 0.929. The van der Waals surface area contributed by atoms with Gasteiger partial charge in [-0.25, -0.2) is 0 Å². The standard InChI is InChI=1S/C14H26O2/c1-12(2,3)9-11(15)10-8-13(4,5)16-14(10,6)7/h10H,8-9H2,1-7H3. The number of ketones is 1. The van der Waals surface area contributed by atoms with Gasteiger partial charge in [-0.2, -0.15) is 0 Å². The number of carbonyl (C=O) groups is 1. The third-order valence-electron chi connectivity index (χ3n) is 3.17. The van der Waals surface area contributed by atoms with Gasteiger partial charge >= 0.3 is 0 Å². The van der Waals surface area contributed by atoms with E-state index in [1.165, 1.54) is 0 Å². The molecule has 1 saturated heterocycles. The summed E-state index contributed by atoms with van der Waals surface area (Å²) in [6.07, 6.45) is 1.48. The largest absolute Gasteiger partial charge is 0.369 e. The van der Waals surface area contributed by atoms with E-state index in [0.29, 0.717) is 12.2 Å². The van der Waals surface area contributed by atoms with Crippen LogP contribution in [0, 0.1) is 11.3 Å². The van der Waals surface area contributed by atoms with Crippen molar-refractivity contribution in [2.24, 2.45) is 11.3 Å². The number of carbonyl (C=O) groups excluding carboxylic acids is 1. The Morgan fingerprint density at radius 1 is 1.25 bits per heavy atom. The van der Waals surface area contributed by atoms with Crippen molar-refractivity contribution in [1.29, 1.82) is 0 Å². The molecule has 1 atom stereocenters. The van der Waals surface area contributed by atoms with E-state index in [1.807, 2.05) is 13.8 Å². The topological polar surface area (TPSA) is 26.3 Å². The van der Waals surface area contributed by atoms with Gasteiger partial charge in [-0.3, -0.25) is 4.79 Å². The maximum absolute atomic E-state index is 12.3. The molecule has 0 saturated carbocycles. The minimum atomic E-state index is -0.314. The monoisotopic (exact) mass is 226 g/mol. The number of ether oxygens (including phenoxy) is 1. The van der Waals surface area contributed by atoms with Crippen molar-refractivity contribution in [3.8, 4) is 0 Å². The molecule has 16 heavy (non-hydrogen) atoms. The van der Waals surface area contributed by atoms with E-state index in [1.54, 1.807) is 0 Å². The Balaban J connectivity index is 2.78. The highest BCUT2D eigenvalue weighted by Gasteiger charge is 2.49. The molecule has 0 N–H and O–H groups in total. The Kier molecular flexibility index (Phi) is 3.28. The van der Waals surface area contributed by atoms with Crippen molar-refractivity contribution in [3.05, 3.63) is 0 Å². The number of hydrogen-bond acceptors (Lipinski definition) is 2. The summed E-state index contributed by atoms with van der Waals surface area (Å²) in [7, 11) is 0. The molecule has 2 heteroatoms. The lowest BCUT2D eigenvalue weighted by molar-refractivity contribution is -0.131. The summed E-state index contributed by atoms with van der Waals surface area (Å²) in [4.78, 5) is 12.3. The first-order valence-electron chi connectivity index (χ1n) is 6.16. The molecule has 0 aromatic carbocycles. The van der Waals surface area contributed by atoms with Gasteiger partial charge in [-0.1, -0.05) is 20.8 Å². The van der Waals surface area contributed by atoms with Crippen LogP contribution < -0.4 is 0 Å². The average molecular weight is 226 g/mol. The molecule has 0 bridgehead atoms. The number of rotatable bonds is 2. The Bertz CT molecular complexity index is 282. The van der Waals surface area contributed by atoms with Gasteiger partial charge in [-0.05, 0) is 39.5 Å². The zero-order valence-electron chi connectivity index (χ0n) is 11.8. The first-order valence-corrected chi connectivity index (χ1v) is 6.16. The molecule has 0 radical (unpaired) electrons. The fourth-order valence-electron chi connectivity index (χ4n) is 2.71. The van der Waals surface area contributed by atoms with Crippen molar-refractivity contribution in [1.82, 2.24) is 0 Å². The van der Waals surface area contributed by atoms with Crippen LogP contribution in [-0.4, -0.2) is 17.0 Å². The van der Waals surface area contributed by atoms with Gasteiger partial charge in [0.25, 0.3) is 0 Å². The molecule has 94 valence electrons. The van der Waals surface area contributed by atoms with Gasteiger partial charge in [0.05, 0.1) is 11.2 Å². The molecule has 0 aromatic heterocycles. The molecular formula is C14H26O2. The van der Waals surface area contributed by atoms with Gasteiger partial charge in [0.1, 0.15) is 5.78 Å². The molecular weight excluding hydrogens is 200 g/mol. The van der Waals surface area contributed by atoms with Crippen LogP contribution in [0.5, 0.6) is 0 Å². The maximum atomic E-state index is 12.3. The van der Waals surface area contributed by atoms with E-state index < -0.39 is 0 Å². The first-order chi connectivity index (χ1) is 6.93. The Labute approximate surface area is 99.8 Å². The Morgan fingerprint density at radius 2 is 1.75 bits per heavy atom. The highest BCUT2D eigenvalue weighted by Crippen LogP contribution is 2.43. The summed E-state index contributed by atoms with van der Waals surface area (Å²) >= 11 is 0. The molecule has 0 amide bonds. The van der Waals surface area contributed by atoms with Crippen LogP contribution in [0.2, 0.25) is 0 Å². The highest BCUT2D eigenvalue weighted by molar-refractivity contribution is 5.83. The lowest BCUT2D eigenvalue weighted by Gasteiger charge is -2.28. The second-order valence-corrected chi connectivity index (χ2v) is 7.43. The summed E-state index contributed by atoms with van der Waals surface area (Å²) in [6.45, 7) is 14.5. The molecule has 2 nitrogen and oxygen atoms in total. The zero-order chi connectivity index (χ0) is 12.8. The van der Waals surface area contributed by atoms with E-state index in [0.717, 1.165) is 6.42 Å². The molecule has 1 fully saturated rings. The van der Waals surface area contributed by atoms with Crippen molar-refractivity contribution >= 4 is 5.78 Å². The highest BCUT2D eigenvalue weighted by atomic mass is 16.5. The van der Waals surface area contributed by atoms with Crippen molar-refractivity contribution < 1.29 is 9.53 Å². The van der Waals surface area contributed by atoms with E-state index in [4.69, 9.17) is 4.74 Å². The first kappa shape index (κ1) is 13.7. The van der Waals surface area contributed by atoms with E-state index in [9.17, 15) is 4.79 Å². The molecule has 1 unspecified atom stereocenters. The van der Waals surface area contributed by atoms with Crippen molar-refractivity contribution in [2.45, 2.75) is 72.5 Å². The summed E-state index contributed by atoms with van der Waals surface area (Å²) in [5.74, 6) is 0.393. The Hall–Kier alpha value is -0.370. The van der Waals surface area contributed by atoms with E-state index in [-0.39, 0.29) is 22.5 Å². The van der Waals surface area contributed by atoms with Gasteiger partial charge in [-0.15, -0.1) is 0 Å². The average Bonchev–Trinajstić information content (AvgIpc) is 2.14. The third-order valence-corrected chi connectivity index (χ3v) is 3.17. The van der Waals surface area contributed by atoms with Crippen LogP contribution in [0.1, 0.15) is 61.3 Å². The summed E-state index contributed by atoms with van der Waals surface area (Å²) in [6, 6.07) is 0. The van der Waals surface area contributed by atoms with Crippen LogP contribution in [0.4, 0.5) is 0 Å². The summed E-state index contributed by atoms with van der Waals surface area (Å²) in [5.41, 5.74) is -0.409. The maximum Gasteiger partial charge on any atom is 0.139 e. The molecule has 1 rings (SSSR count). The van der Waals surface area contributed by atoms with Gasteiger partial charge in [0, 0.05) is 12.3 Å². The van der Waals surface area contributed by atoms with Gasteiger partial charge < -0.3 is 4.74 Å². The van der Waals surface area contributed by atoms with Crippen LogP contribution in [-0.2, 0) is 9.53 Å². The van der Waals surface area contributed by atoms with Crippen LogP contribution in [0.25, 0.3) is 0 Å². The van der Waals surface area contributed by atoms with E-state index in [2.05, 4.69) is 34.6 Å². The minimum Gasteiger partial charge on any atom is -0.369 e. The molecule has 0 aliphatic carbocycles. The number of Topliss-reactive ketones (excluding diaryl/α,β-unsaturated/α-hetero) is 1. The quantitative estimate of drug-likeness (QED) is 0.719. The van der Waals surface area contributed by atoms with Crippen LogP contribution in [0.3, 0.4) is 0 Å². The van der Waals surface area contributed by atoms with Crippen LogP contribution in [0.15, 0.2) is 0 Å². The normalized spacial score (nSPS) is 28.1. The lowest BCUT2D eigenvalue weighted by Crippen LogP contribution is -2.35. The SMILES string of the molecule is CC(C)(C)CC(=O)C1CC(C)(C)OC1(C)C. The summed E-state index contributed by atoms with van der Waals surface area (Å²) in [5, 5.41) is 0. The van der Waals surface area contributed by atoms with Crippen LogP contribution >= 0.6 is 0 Å².